The maximum absolute atomic E-state index is 12.4. The van der Waals surface area contributed by atoms with Crippen molar-refractivity contribution < 1.29 is 14.7 Å². The van der Waals surface area contributed by atoms with E-state index in [9.17, 15) is 9.59 Å². The summed E-state index contributed by atoms with van der Waals surface area (Å²) in [5.41, 5.74) is 3.27. The van der Waals surface area contributed by atoms with Crippen LogP contribution in [0.4, 0.5) is 10.5 Å². The molecule has 2 bridgehead atoms. The zero-order chi connectivity index (χ0) is 18.0. The monoisotopic (exact) mass is 342 g/mol. The maximum atomic E-state index is 12.4. The number of carbonyl (C=O) groups excluding carboxylic acids is 1. The topological polar surface area (TPSA) is 96.2 Å². The van der Waals surface area contributed by atoms with E-state index < -0.39 is 6.09 Å². The van der Waals surface area contributed by atoms with E-state index in [0.717, 1.165) is 23.2 Å². The van der Waals surface area contributed by atoms with Gasteiger partial charge in [-0.25, -0.2) is 4.79 Å². The molecular formula is C18H22N4O3. The molecule has 7 heteroatoms. The van der Waals surface area contributed by atoms with Gasteiger partial charge in [0.15, 0.2) is 0 Å². The van der Waals surface area contributed by atoms with Crippen LogP contribution in [0.3, 0.4) is 0 Å². The van der Waals surface area contributed by atoms with E-state index in [1.807, 2.05) is 38.2 Å². The summed E-state index contributed by atoms with van der Waals surface area (Å²) in [4.78, 5) is 23.6. The van der Waals surface area contributed by atoms with E-state index in [1.165, 1.54) is 0 Å². The number of rotatable bonds is 1. The summed E-state index contributed by atoms with van der Waals surface area (Å²) in [7, 11) is 1.82. The molecule has 2 heterocycles. The van der Waals surface area contributed by atoms with Crippen LogP contribution in [0.5, 0.6) is 0 Å². The number of amides is 2. The van der Waals surface area contributed by atoms with Gasteiger partial charge >= 0.3 is 6.09 Å². The summed E-state index contributed by atoms with van der Waals surface area (Å²) in [6.07, 6.45) is 2.69. The van der Waals surface area contributed by atoms with E-state index in [1.54, 1.807) is 10.9 Å². The normalized spacial score (nSPS) is 20.6. The van der Waals surface area contributed by atoms with Crippen LogP contribution in [0.15, 0.2) is 30.5 Å². The fraction of sp³-hybridized carbons (Fsp3) is 0.389. The molecule has 0 radical (unpaired) electrons. The number of fused-ring (bicyclic) bond motifs is 4. The SMILES string of the molecule is C[C@@H]1CCC[C@H](NC(=O)O)c2cccc(c2)-c2c(cnn2C)NC1=O. The molecule has 7 nitrogen and oxygen atoms in total. The van der Waals surface area contributed by atoms with Gasteiger partial charge in [0.05, 0.1) is 23.6 Å². The van der Waals surface area contributed by atoms with Gasteiger partial charge in [-0.3, -0.25) is 9.48 Å². The van der Waals surface area contributed by atoms with Crippen molar-refractivity contribution >= 4 is 17.7 Å². The zero-order valence-corrected chi connectivity index (χ0v) is 14.3. The second kappa shape index (κ2) is 6.96. The second-order valence-electron chi connectivity index (χ2n) is 6.48. The average molecular weight is 342 g/mol. The predicted octanol–water partition coefficient (Wildman–Crippen LogP) is 3.15. The molecule has 25 heavy (non-hydrogen) atoms. The molecule has 0 fully saturated rings. The van der Waals surface area contributed by atoms with E-state index in [-0.39, 0.29) is 17.9 Å². The number of aryl methyl sites for hydroxylation is 1. The van der Waals surface area contributed by atoms with Gasteiger partial charge in [-0.1, -0.05) is 31.5 Å². The quantitative estimate of drug-likeness (QED) is 0.742. The molecular weight excluding hydrogens is 320 g/mol. The number of benzene rings is 1. The van der Waals surface area contributed by atoms with E-state index in [0.29, 0.717) is 18.5 Å². The van der Waals surface area contributed by atoms with Crippen molar-refractivity contribution in [1.29, 1.82) is 0 Å². The second-order valence-corrected chi connectivity index (χ2v) is 6.48. The molecule has 1 aliphatic rings. The van der Waals surface area contributed by atoms with Crippen molar-refractivity contribution in [3.05, 3.63) is 36.0 Å². The Hall–Kier alpha value is -2.83. The lowest BCUT2D eigenvalue weighted by Crippen LogP contribution is -2.27. The number of carbonyl (C=O) groups is 2. The van der Waals surface area contributed by atoms with Gasteiger partial charge in [-0.15, -0.1) is 0 Å². The highest BCUT2D eigenvalue weighted by atomic mass is 16.4. The predicted molar refractivity (Wildman–Crippen MR) is 94.2 cm³/mol. The lowest BCUT2D eigenvalue weighted by atomic mass is 9.94. The van der Waals surface area contributed by atoms with Crippen LogP contribution in [0.25, 0.3) is 11.3 Å². The summed E-state index contributed by atoms with van der Waals surface area (Å²) in [5, 5.41) is 19.0. The summed E-state index contributed by atoms with van der Waals surface area (Å²) >= 11 is 0. The van der Waals surface area contributed by atoms with Gasteiger partial charge in [0.2, 0.25) is 5.91 Å². The van der Waals surface area contributed by atoms with Gasteiger partial charge in [-0.2, -0.15) is 5.10 Å². The Bertz CT molecular complexity index is 799. The lowest BCUT2D eigenvalue weighted by Gasteiger charge is -2.21. The van der Waals surface area contributed by atoms with Crippen molar-refractivity contribution in [2.24, 2.45) is 13.0 Å². The Morgan fingerprint density at radius 2 is 2.20 bits per heavy atom. The minimum absolute atomic E-state index is 0.0475. The number of carboxylic acid groups (broad SMARTS) is 1. The highest BCUT2D eigenvalue weighted by Crippen LogP contribution is 2.32. The molecule has 3 rings (SSSR count). The highest BCUT2D eigenvalue weighted by Gasteiger charge is 2.22. The lowest BCUT2D eigenvalue weighted by molar-refractivity contribution is -0.119. The first-order valence-electron chi connectivity index (χ1n) is 8.38. The standard InChI is InChI=1S/C18H22N4O3/c1-11-5-3-8-14(21-18(24)25)12-6-4-7-13(9-12)16-15(20-17(11)23)10-19-22(16)2/h4,6-7,9-11,14,21H,3,5,8H2,1-2H3,(H,20,23)(H,24,25)/t11-,14+/m1/s1. The van der Waals surface area contributed by atoms with Gasteiger partial charge in [0.25, 0.3) is 0 Å². The van der Waals surface area contributed by atoms with Crippen LogP contribution in [-0.4, -0.2) is 26.9 Å². The van der Waals surface area contributed by atoms with Crippen LogP contribution in [0.1, 0.15) is 37.8 Å². The van der Waals surface area contributed by atoms with Crippen LogP contribution in [-0.2, 0) is 11.8 Å². The van der Waals surface area contributed by atoms with Crippen molar-refractivity contribution in [2.75, 3.05) is 5.32 Å². The Labute approximate surface area is 146 Å². The van der Waals surface area contributed by atoms with Gasteiger partial charge in [0.1, 0.15) is 0 Å². The number of aromatic nitrogens is 2. The first-order chi connectivity index (χ1) is 12.0. The molecule has 0 saturated heterocycles. The van der Waals surface area contributed by atoms with Crippen molar-refractivity contribution in [2.45, 2.75) is 32.2 Å². The van der Waals surface area contributed by atoms with Crippen LogP contribution >= 0.6 is 0 Å². The number of nitrogens with one attached hydrogen (secondary N) is 2. The fourth-order valence-corrected chi connectivity index (χ4v) is 3.26. The smallest absolute Gasteiger partial charge is 0.405 e. The largest absolute Gasteiger partial charge is 0.465 e. The average Bonchev–Trinajstić information content (AvgIpc) is 2.93. The first-order valence-corrected chi connectivity index (χ1v) is 8.38. The van der Waals surface area contributed by atoms with Gasteiger partial charge in [-0.05, 0) is 24.5 Å². The van der Waals surface area contributed by atoms with Gasteiger partial charge < -0.3 is 15.7 Å². The first kappa shape index (κ1) is 17.0. The summed E-state index contributed by atoms with van der Waals surface area (Å²) in [6, 6.07) is 7.41. The molecule has 0 aliphatic carbocycles. The van der Waals surface area contributed by atoms with Crippen molar-refractivity contribution in [1.82, 2.24) is 15.1 Å². The van der Waals surface area contributed by atoms with Gasteiger partial charge in [0, 0.05) is 18.5 Å². The van der Waals surface area contributed by atoms with Crippen LogP contribution in [0, 0.1) is 5.92 Å². The number of anilines is 1. The summed E-state index contributed by atoms with van der Waals surface area (Å²) in [6.45, 7) is 1.88. The molecule has 0 unspecified atom stereocenters. The number of hydrogen-bond donors (Lipinski definition) is 3. The molecule has 0 saturated carbocycles. The molecule has 1 aromatic heterocycles. The molecule has 3 N–H and O–H groups in total. The number of nitrogens with zero attached hydrogens (tertiary/aromatic N) is 2. The summed E-state index contributed by atoms with van der Waals surface area (Å²) < 4.78 is 1.71. The van der Waals surface area contributed by atoms with E-state index in [4.69, 9.17) is 5.11 Å². The molecule has 1 aromatic carbocycles. The highest BCUT2D eigenvalue weighted by molar-refractivity contribution is 5.95. The maximum Gasteiger partial charge on any atom is 0.405 e. The third kappa shape index (κ3) is 3.65. The fourth-order valence-electron chi connectivity index (χ4n) is 3.26. The minimum atomic E-state index is -1.05. The number of hydrogen-bond acceptors (Lipinski definition) is 3. The minimum Gasteiger partial charge on any atom is -0.465 e. The third-order valence-electron chi connectivity index (χ3n) is 4.63. The van der Waals surface area contributed by atoms with Crippen molar-refractivity contribution in [3.8, 4) is 11.3 Å². The molecule has 2 amide bonds. The summed E-state index contributed by atoms with van der Waals surface area (Å²) in [5.74, 6) is -0.204. The Balaban J connectivity index is 2.09. The van der Waals surface area contributed by atoms with Crippen molar-refractivity contribution in [3.63, 3.8) is 0 Å². The molecule has 2 atom stereocenters. The molecule has 132 valence electrons. The van der Waals surface area contributed by atoms with E-state index in [2.05, 4.69) is 15.7 Å². The van der Waals surface area contributed by atoms with E-state index >= 15 is 0 Å². The third-order valence-corrected chi connectivity index (χ3v) is 4.63. The Kier molecular flexibility index (Phi) is 4.74. The molecule has 2 aromatic rings. The van der Waals surface area contributed by atoms with Crippen LogP contribution < -0.4 is 10.6 Å². The Morgan fingerprint density at radius 1 is 1.40 bits per heavy atom. The zero-order valence-electron chi connectivity index (χ0n) is 14.3. The molecule has 1 aliphatic heterocycles. The Morgan fingerprint density at radius 3 is 2.96 bits per heavy atom. The molecule has 0 spiro atoms. The van der Waals surface area contributed by atoms with Crippen LogP contribution in [0.2, 0.25) is 0 Å².